The first-order valence-corrected chi connectivity index (χ1v) is 9.31. The molecule has 0 aromatic carbocycles. The summed E-state index contributed by atoms with van der Waals surface area (Å²) in [6.45, 7) is 0.787. The first-order chi connectivity index (χ1) is 11.3. The van der Waals surface area contributed by atoms with Crippen molar-refractivity contribution in [2.75, 3.05) is 6.54 Å². The van der Waals surface area contributed by atoms with Crippen LogP contribution in [0, 0.1) is 5.92 Å². The third-order valence-electron chi connectivity index (χ3n) is 4.39. The summed E-state index contributed by atoms with van der Waals surface area (Å²) < 4.78 is 0. The quantitative estimate of drug-likeness (QED) is 0.785. The molecule has 23 heavy (non-hydrogen) atoms. The number of hydrogen-bond donors (Lipinski definition) is 1. The van der Waals surface area contributed by atoms with E-state index in [2.05, 4.69) is 15.3 Å². The number of amides is 1. The Hall–Kier alpha value is -1.75. The van der Waals surface area contributed by atoms with Gasteiger partial charge in [0.1, 0.15) is 5.01 Å². The van der Waals surface area contributed by atoms with Crippen molar-refractivity contribution in [2.24, 2.45) is 5.92 Å². The summed E-state index contributed by atoms with van der Waals surface area (Å²) in [5, 5.41) is 5.89. The number of hydrogen-bond acceptors (Lipinski definition) is 4. The van der Waals surface area contributed by atoms with Crippen molar-refractivity contribution in [3.05, 3.63) is 35.6 Å². The Kier molecular flexibility index (Phi) is 5.75. The zero-order chi connectivity index (χ0) is 15.9. The van der Waals surface area contributed by atoms with Gasteiger partial charge in [-0.1, -0.05) is 25.7 Å². The molecule has 5 heteroatoms. The van der Waals surface area contributed by atoms with E-state index in [1.807, 2.05) is 17.5 Å². The van der Waals surface area contributed by atoms with Gasteiger partial charge in [-0.3, -0.25) is 9.78 Å². The van der Waals surface area contributed by atoms with Gasteiger partial charge in [0, 0.05) is 29.9 Å². The third-order valence-corrected chi connectivity index (χ3v) is 5.33. The Morgan fingerprint density at radius 3 is 3.00 bits per heavy atom. The summed E-state index contributed by atoms with van der Waals surface area (Å²) >= 11 is 1.56. The second-order valence-corrected chi connectivity index (χ2v) is 7.06. The predicted octanol–water partition coefficient (Wildman–Crippen LogP) is 3.83. The van der Waals surface area contributed by atoms with Crippen LogP contribution in [0.25, 0.3) is 10.6 Å². The summed E-state index contributed by atoms with van der Waals surface area (Å²) in [5.41, 5.74) is 1.84. The maximum atomic E-state index is 12.0. The number of carbonyl (C=O) groups excluding carboxylic acids is 1. The largest absolute Gasteiger partial charge is 0.356 e. The standard InChI is InChI=1S/C18H23N3OS/c22-17(20-10-3-7-14-5-1-2-6-14)11-16-13-23-18(21-16)15-8-4-9-19-12-15/h4,8-9,12-14H,1-3,5-7,10-11H2,(H,20,22). The molecule has 1 amide bonds. The molecule has 122 valence electrons. The average Bonchev–Trinajstić information content (AvgIpc) is 3.24. The molecular formula is C18H23N3OS. The zero-order valence-corrected chi connectivity index (χ0v) is 14.1. The summed E-state index contributed by atoms with van der Waals surface area (Å²) in [5.74, 6) is 0.965. The van der Waals surface area contributed by atoms with Gasteiger partial charge in [0.2, 0.25) is 5.91 Å². The van der Waals surface area contributed by atoms with Crippen molar-refractivity contribution in [1.29, 1.82) is 0 Å². The molecule has 1 fully saturated rings. The van der Waals surface area contributed by atoms with E-state index in [0.29, 0.717) is 6.42 Å². The molecule has 0 unspecified atom stereocenters. The highest BCUT2D eigenvalue weighted by atomic mass is 32.1. The molecule has 1 N–H and O–H groups in total. The SMILES string of the molecule is O=C(Cc1csc(-c2cccnc2)n1)NCCCC1CCCC1. The van der Waals surface area contributed by atoms with Crippen LogP contribution in [-0.4, -0.2) is 22.4 Å². The maximum Gasteiger partial charge on any atom is 0.226 e. The van der Waals surface area contributed by atoms with E-state index in [1.54, 1.807) is 23.7 Å². The molecule has 2 aromatic heterocycles. The van der Waals surface area contributed by atoms with E-state index < -0.39 is 0 Å². The molecule has 0 aliphatic heterocycles. The minimum absolute atomic E-state index is 0.0689. The fourth-order valence-electron chi connectivity index (χ4n) is 3.15. The molecule has 1 aliphatic rings. The molecule has 0 bridgehead atoms. The van der Waals surface area contributed by atoms with Gasteiger partial charge in [0.15, 0.2) is 0 Å². The lowest BCUT2D eigenvalue weighted by Crippen LogP contribution is -2.26. The van der Waals surface area contributed by atoms with Crippen molar-refractivity contribution in [1.82, 2.24) is 15.3 Å². The van der Waals surface area contributed by atoms with Crippen LogP contribution >= 0.6 is 11.3 Å². The number of nitrogens with zero attached hydrogens (tertiary/aromatic N) is 2. The van der Waals surface area contributed by atoms with Gasteiger partial charge in [-0.15, -0.1) is 11.3 Å². The van der Waals surface area contributed by atoms with Crippen LogP contribution in [0.4, 0.5) is 0 Å². The Balaban J connectivity index is 1.40. The highest BCUT2D eigenvalue weighted by Crippen LogP contribution is 2.28. The van der Waals surface area contributed by atoms with Crippen molar-refractivity contribution in [3.8, 4) is 10.6 Å². The van der Waals surface area contributed by atoms with Gasteiger partial charge < -0.3 is 5.32 Å². The number of pyridine rings is 1. The van der Waals surface area contributed by atoms with Crippen LogP contribution in [-0.2, 0) is 11.2 Å². The lowest BCUT2D eigenvalue weighted by atomic mass is 10.0. The molecule has 2 heterocycles. The first-order valence-electron chi connectivity index (χ1n) is 8.43. The molecule has 1 saturated carbocycles. The molecule has 2 aromatic rings. The maximum absolute atomic E-state index is 12.0. The Morgan fingerprint density at radius 2 is 2.22 bits per heavy atom. The molecule has 3 rings (SSSR count). The van der Waals surface area contributed by atoms with Gasteiger partial charge in [-0.2, -0.15) is 0 Å². The normalized spacial score (nSPS) is 15.0. The van der Waals surface area contributed by atoms with Gasteiger partial charge >= 0.3 is 0 Å². The Labute approximate surface area is 141 Å². The monoisotopic (exact) mass is 329 g/mol. The zero-order valence-electron chi connectivity index (χ0n) is 13.3. The smallest absolute Gasteiger partial charge is 0.226 e. The van der Waals surface area contributed by atoms with Gasteiger partial charge in [-0.25, -0.2) is 4.98 Å². The number of rotatable bonds is 7. The summed E-state index contributed by atoms with van der Waals surface area (Å²) in [6, 6.07) is 3.88. The van der Waals surface area contributed by atoms with Crippen molar-refractivity contribution in [3.63, 3.8) is 0 Å². The van der Waals surface area contributed by atoms with Crippen LogP contribution in [0.5, 0.6) is 0 Å². The third kappa shape index (κ3) is 4.86. The summed E-state index contributed by atoms with van der Waals surface area (Å²) in [7, 11) is 0. The van der Waals surface area contributed by atoms with E-state index in [4.69, 9.17) is 0 Å². The molecule has 4 nitrogen and oxygen atoms in total. The lowest BCUT2D eigenvalue weighted by Gasteiger charge is -2.08. The van der Waals surface area contributed by atoms with Crippen LogP contribution in [0.1, 0.15) is 44.2 Å². The van der Waals surface area contributed by atoms with Crippen molar-refractivity contribution < 1.29 is 4.79 Å². The van der Waals surface area contributed by atoms with E-state index >= 15 is 0 Å². The van der Waals surface area contributed by atoms with Crippen LogP contribution in [0.3, 0.4) is 0 Å². The molecule has 1 aliphatic carbocycles. The van der Waals surface area contributed by atoms with Crippen LogP contribution in [0.15, 0.2) is 29.9 Å². The second kappa shape index (κ2) is 8.20. The number of nitrogens with one attached hydrogen (secondary N) is 1. The molecular weight excluding hydrogens is 306 g/mol. The van der Waals surface area contributed by atoms with Crippen molar-refractivity contribution >= 4 is 17.2 Å². The van der Waals surface area contributed by atoms with E-state index in [-0.39, 0.29) is 5.91 Å². The highest BCUT2D eigenvalue weighted by Gasteiger charge is 2.14. The topological polar surface area (TPSA) is 54.9 Å². The lowest BCUT2D eigenvalue weighted by molar-refractivity contribution is -0.120. The van der Waals surface area contributed by atoms with E-state index in [1.165, 1.54) is 32.1 Å². The number of aromatic nitrogens is 2. The molecule has 0 atom stereocenters. The first kappa shape index (κ1) is 16.1. The highest BCUT2D eigenvalue weighted by molar-refractivity contribution is 7.13. The van der Waals surface area contributed by atoms with Crippen LogP contribution in [0.2, 0.25) is 0 Å². The average molecular weight is 329 g/mol. The Bertz CT molecular complexity index is 620. The van der Waals surface area contributed by atoms with Crippen LogP contribution < -0.4 is 5.32 Å². The number of carbonyl (C=O) groups is 1. The fourth-order valence-corrected chi connectivity index (χ4v) is 3.97. The van der Waals surface area contributed by atoms with Gasteiger partial charge in [0.05, 0.1) is 12.1 Å². The molecule has 0 radical (unpaired) electrons. The minimum Gasteiger partial charge on any atom is -0.356 e. The predicted molar refractivity (Wildman–Crippen MR) is 93.3 cm³/mol. The summed E-state index contributed by atoms with van der Waals surface area (Å²) in [6.07, 6.45) is 11.8. The van der Waals surface area contributed by atoms with E-state index in [9.17, 15) is 4.79 Å². The fraction of sp³-hybridized carbons (Fsp3) is 0.500. The summed E-state index contributed by atoms with van der Waals surface area (Å²) in [4.78, 5) is 20.6. The van der Waals surface area contributed by atoms with Gasteiger partial charge in [-0.05, 0) is 30.9 Å². The second-order valence-electron chi connectivity index (χ2n) is 6.21. The van der Waals surface area contributed by atoms with Gasteiger partial charge in [0.25, 0.3) is 0 Å². The van der Waals surface area contributed by atoms with E-state index in [0.717, 1.165) is 35.1 Å². The number of thiazole rings is 1. The molecule has 0 saturated heterocycles. The van der Waals surface area contributed by atoms with Crippen molar-refractivity contribution in [2.45, 2.75) is 44.9 Å². The Morgan fingerprint density at radius 1 is 1.35 bits per heavy atom. The minimum atomic E-state index is 0.0689. The molecule has 0 spiro atoms.